The molecule has 1 saturated carbocycles. The van der Waals surface area contributed by atoms with Crippen molar-refractivity contribution in [3.63, 3.8) is 0 Å². The van der Waals surface area contributed by atoms with Gasteiger partial charge in [0.05, 0.1) is 4.90 Å². The van der Waals surface area contributed by atoms with Crippen LogP contribution in [0.25, 0.3) is 0 Å². The number of carbonyl (C=O) groups excluding carboxylic acids is 1. The van der Waals surface area contributed by atoms with Crippen LogP contribution < -0.4 is 10.5 Å². The highest BCUT2D eigenvalue weighted by Gasteiger charge is 2.60. The van der Waals surface area contributed by atoms with E-state index in [1.54, 1.807) is 16.4 Å². The molecule has 1 aromatic rings. The molecule has 0 spiro atoms. The van der Waals surface area contributed by atoms with Crippen LogP contribution in [0.5, 0.6) is 5.75 Å². The van der Waals surface area contributed by atoms with Crippen LogP contribution in [0.3, 0.4) is 0 Å². The van der Waals surface area contributed by atoms with Gasteiger partial charge in [-0.2, -0.15) is 4.31 Å². The van der Waals surface area contributed by atoms with Gasteiger partial charge < -0.3 is 10.5 Å². The molecule has 2 atom stereocenters. The summed E-state index contributed by atoms with van der Waals surface area (Å²) in [5.74, 6) is 0.371. The second-order valence-corrected chi connectivity index (χ2v) is 8.08. The van der Waals surface area contributed by atoms with Crippen LogP contribution in [0.1, 0.15) is 19.8 Å². The Kier molecular flexibility index (Phi) is 3.65. The molecular weight excluding hydrogens is 304 g/mol. The normalized spacial score (nSPS) is 27.4. The summed E-state index contributed by atoms with van der Waals surface area (Å²) in [4.78, 5) is 10.9. The van der Waals surface area contributed by atoms with Crippen molar-refractivity contribution >= 4 is 15.9 Å². The lowest BCUT2D eigenvalue weighted by Gasteiger charge is -2.20. The van der Waals surface area contributed by atoms with Crippen molar-refractivity contribution in [2.75, 3.05) is 19.7 Å². The molecule has 0 bridgehead atoms. The lowest BCUT2D eigenvalue weighted by atomic mass is 10.0. The molecule has 2 N–H and O–H groups in total. The smallest absolute Gasteiger partial charge is 0.255 e. The lowest BCUT2D eigenvalue weighted by Crippen LogP contribution is -2.31. The van der Waals surface area contributed by atoms with Crippen LogP contribution in [0.4, 0.5) is 0 Å². The number of piperidine rings is 1. The lowest BCUT2D eigenvalue weighted by molar-refractivity contribution is -0.119. The zero-order valence-corrected chi connectivity index (χ0v) is 13.3. The quantitative estimate of drug-likeness (QED) is 0.844. The Bertz CT molecular complexity index is 682. The van der Waals surface area contributed by atoms with Gasteiger partial charge in [0.1, 0.15) is 5.75 Å². The number of fused-ring (bicyclic) bond motifs is 1. The minimum absolute atomic E-state index is 0.220. The number of nitrogens with zero attached hydrogens (tertiary/aromatic N) is 1. The summed E-state index contributed by atoms with van der Waals surface area (Å²) in [6.45, 7) is 3.15. The van der Waals surface area contributed by atoms with Crippen LogP contribution in [-0.4, -0.2) is 38.3 Å². The van der Waals surface area contributed by atoms with Crippen LogP contribution in [0.15, 0.2) is 29.2 Å². The molecule has 2 aliphatic rings. The van der Waals surface area contributed by atoms with Gasteiger partial charge in [-0.25, -0.2) is 8.42 Å². The molecular formula is C15H20N2O4S. The topological polar surface area (TPSA) is 89.7 Å². The highest BCUT2D eigenvalue weighted by atomic mass is 32.2. The van der Waals surface area contributed by atoms with E-state index in [1.807, 2.05) is 0 Å². The van der Waals surface area contributed by atoms with E-state index in [1.165, 1.54) is 12.1 Å². The van der Waals surface area contributed by atoms with Crippen molar-refractivity contribution in [1.29, 1.82) is 0 Å². The average Bonchev–Trinajstić information content (AvgIpc) is 3.06. The monoisotopic (exact) mass is 324 g/mol. The van der Waals surface area contributed by atoms with E-state index < -0.39 is 15.9 Å². The van der Waals surface area contributed by atoms with E-state index in [-0.39, 0.29) is 16.9 Å². The van der Waals surface area contributed by atoms with E-state index >= 15 is 0 Å². The number of amides is 1. The number of hydrogen-bond acceptors (Lipinski definition) is 4. The van der Waals surface area contributed by atoms with Crippen molar-refractivity contribution in [3.05, 3.63) is 24.3 Å². The third-order valence-electron chi connectivity index (χ3n) is 4.82. The van der Waals surface area contributed by atoms with Crippen molar-refractivity contribution in [2.45, 2.75) is 24.7 Å². The average molecular weight is 324 g/mol. The Hall–Kier alpha value is -1.60. The van der Waals surface area contributed by atoms with Crippen molar-refractivity contribution in [2.24, 2.45) is 17.1 Å². The maximum absolute atomic E-state index is 12.6. The van der Waals surface area contributed by atoms with Gasteiger partial charge in [0.25, 0.3) is 5.91 Å². The molecule has 120 valence electrons. The van der Waals surface area contributed by atoms with E-state index in [0.29, 0.717) is 24.8 Å². The summed E-state index contributed by atoms with van der Waals surface area (Å²) in [5, 5.41) is 0. The Balaban J connectivity index is 1.72. The number of nitrogens with two attached hydrogens (primary N) is 1. The van der Waals surface area contributed by atoms with Crippen LogP contribution in [0, 0.1) is 11.3 Å². The first-order valence-corrected chi connectivity index (χ1v) is 8.83. The number of ether oxygens (including phenoxy) is 1. The fourth-order valence-corrected chi connectivity index (χ4v) is 4.87. The maximum atomic E-state index is 12.6. The molecule has 7 heteroatoms. The fraction of sp³-hybridized carbons (Fsp3) is 0.533. The minimum Gasteiger partial charge on any atom is -0.484 e. The molecule has 0 radical (unpaired) electrons. The van der Waals surface area contributed by atoms with Crippen LogP contribution in [-0.2, 0) is 14.8 Å². The first-order chi connectivity index (χ1) is 10.4. The number of carbonyl (C=O) groups is 1. The van der Waals surface area contributed by atoms with E-state index in [0.717, 1.165) is 12.8 Å². The van der Waals surface area contributed by atoms with Crippen LogP contribution >= 0.6 is 0 Å². The minimum atomic E-state index is -3.45. The first-order valence-electron chi connectivity index (χ1n) is 7.39. The van der Waals surface area contributed by atoms with Gasteiger partial charge in [0, 0.05) is 13.1 Å². The Labute approximate surface area is 130 Å². The predicted molar refractivity (Wildman–Crippen MR) is 80.7 cm³/mol. The molecule has 2 unspecified atom stereocenters. The molecule has 1 aromatic carbocycles. The largest absolute Gasteiger partial charge is 0.484 e. The summed E-state index contributed by atoms with van der Waals surface area (Å²) >= 11 is 0. The number of primary amides is 1. The van der Waals surface area contributed by atoms with Crippen molar-refractivity contribution in [1.82, 2.24) is 4.31 Å². The highest BCUT2D eigenvalue weighted by Crippen LogP contribution is 2.60. The van der Waals surface area contributed by atoms with Gasteiger partial charge in [0.2, 0.25) is 10.0 Å². The molecule has 1 saturated heterocycles. The summed E-state index contributed by atoms with van der Waals surface area (Å²) in [7, 11) is -3.45. The van der Waals surface area contributed by atoms with Crippen molar-refractivity contribution in [3.8, 4) is 5.75 Å². The molecule has 1 amide bonds. The number of benzene rings is 1. The maximum Gasteiger partial charge on any atom is 0.255 e. The molecule has 22 heavy (non-hydrogen) atoms. The molecule has 1 heterocycles. The van der Waals surface area contributed by atoms with Gasteiger partial charge in [0.15, 0.2) is 6.61 Å². The number of hydrogen-bond donors (Lipinski definition) is 1. The zero-order chi connectivity index (χ0) is 16.0. The van der Waals surface area contributed by atoms with E-state index in [4.69, 9.17) is 10.5 Å². The zero-order valence-electron chi connectivity index (χ0n) is 12.5. The summed E-state index contributed by atoms with van der Waals surface area (Å²) < 4.78 is 32.0. The summed E-state index contributed by atoms with van der Waals surface area (Å²) in [5.41, 5.74) is 5.22. The second kappa shape index (κ2) is 5.24. The van der Waals surface area contributed by atoms with Gasteiger partial charge >= 0.3 is 0 Å². The van der Waals surface area contributed by atoms with E-state index in [2.05, 4.69) is 6.92 Å². The Morgan fingerprint density at radius 1 is 1.41 bits per heavy atom. The van der Waals surface area contributed by atoms with Crippen LogP contribution in [0.2, 0.25) is 0 Å². The number of rotatable bonds is 6. The van der Waals surface area contributed by atoms with E-state index in [9.17, 15) is 13.2 Å². The second-order valence-electron chi connectivity index (χ2n) is 6.14. The standard InChI is InChI=1S/C15H20N2O4S/c1-2-15-7-11(15)8-17(10-15)22(19,20)13-5-3-12(4-6-13)21-9-14(16)18/h3-6,11H,2,7-10H2,1H3,(H2,16,18). The fourth-order valence-electron chi connectivity index (χ4n) is 3.28. The summed E-state index contributed by atoms with van der Waals surface area (Å²) in [6.07, 6.45) is 2.18. The van der Waals surface area contributed by atoms with Crippen molar-refractivity contribution < 1.29 is 17.9 Å². The van der Waals surface area contributed by atoms with Gasteiger partial charge in [-0.05, 0) is 48.4 Å². The molecule has 0 aromatic heterocycles. The summed E-state index contributed by atoms with van der Waals surface area (Å²) in [6, 6.07) is 6.10. The predicted octanol–water partition coefficient (Wildman–Crippen LogP) is 0.971. The Morgan fingerprint density at radius 2 is 2.09 bits per heavy atom. The van der Waals surface area contributed by atoms with Gasteiger partial charge in [-0.15, -0.1) is 0 Å². The molecule has 1 aliphatic carbocycles. The molecule has 3 rings (SSSR count). The molecule has 1 aliphatic heterocycles. The third-order valence-corrected chi connectivity index (χ3v) is 6.65. The third kappa shape index (κ3) is 2.59. The first kappa shape index (κ1) is 15.3. The molecule has 6 nitrogen and oxygen atoms in total. The number of sulfonamides is 1. The van der Waals surface area contributed by atoms with Gasteiger partial charge in [-0.3, -0.25) is 4.79 Å². The SMILES string of the molecule is CCC12CC1CN(S(=O)(=O)c1ccc(OCC(N)=O)cc1)C2. The Morgan fingerprint density at radius 3 is 2.64 bits per heavy atom. The van der Waals surface area contributed by atoms with Gasteiger partial charge in [-0.1, -0.05) is 6.92 Å². The molecule has 2 fully saturated rings. The highest BCUT2D eigenvalue weighted by molar-refractivity contribution is 7.89.